The van der Waals surface area contributed by atoms with Gasteiger partial charge >= 0.3 is 0 Å². The van der Waals surface area contributed by atoms with Crippen LogP contribution in [0.5, 0.6) is 0 Å². The highest BCUT2D eigenvalue weighted by atomic mass is 16.2. The van der Waals surface area contributed by atoms with Gasteiger partial charge in [0.2, 0.25) is 5.91 Å². The lowest BCUT2D eigenvalue weighted by molar-refractivity contribution is -0.133. The van der Waals surface area contributed by atoms with Gasteiger partial charge in [0.25, 0.3) is 5.91 Å². The van der Waals surface area contributed by atoms with E-state index in [0.717, 1.165) is 25.9 Å². The van der Waals surface area contributed by atoms with Gasteiger partial charge in [-0.1, -0.05) is 12.8 Å². The zero-order chi connectivity index (χ0) is 16.1. The topological polar surface area (TPSA) is 62.3 Å². The van der Waals surface area contributed by atoms with Gasteiger partial charge in [0.05, 0.1) is 5.56 Å². The molecule has 1 saturated heterocycles. The number of nitrogens with zero attached hydrogens (tertiary/aromatic N) is 2. The summed E-state index contributed by atoms with van der Waals surface area (Å²) in [6.07, 6.45) is 10.6. The van der Waals surface area contributed by atoms with Crippen molar-refractivity contribution in [3.05, 3.63) is 30.1 Å². The molecule has 5 nitrogen and oxygen atoms in total. The number of piperidine rings is 1. The van der Waals surface area contributed by atoms with Crippen LogP contribution in [0.15, 0.2) is 24.5 Å². The average Bonchev–Trinajstić information content (AvgIpc) is 3.09. The van der Waals surface area contributed by atoms with E-state index in [2.05, 4.69) is 10.3 Å². The quantitative estimate of drug-likeness (QED) is 0.928. The number of nitrogens with one attached hydrogen (secondary N) is 1. The first-order valence-electron chi connectivity index (χ1n) is 8.71. The maximum Gasteiger partial charge on any atom is 0.253 e. The minimum atomic E-state index is -0.0752. The molecule has 1 aliphatic carbocycles. The summed E-state index contributed by atoms with van der Waals surface area (Å²) in [6, 6.07) is 3.68. The molecule has 1 aromatic heterocycles. The van der Waals surface area contributed by atoms with E-state index in [9.17, 15) is 9.59 Å². The van der Waals surface area contributed by atoms with E-state index in [-0.39, 0.29) is 11.9 Å². The molecular weight excluding hydrogens is 290 g/mol. The van der Waals surface area contributed by atoms with E-state index < -0.39 is 0 Å². The van der Waals surface area contributed by atoms with Crippen molar-refractivity contribution in [1.29, 1.82) is 0 Å². The molecule has 2 amide bonds. The second kappa shape index (κ2) is 7.57. The molecule has 2 heterocycles. The van der Waals surface area contributed by atoms with Crippen molar-refractivity contribution in [3.8, 4) is 0 Å². The van der Waals surface area contributed by atoms with Crippen LogP contribution in [0.3, 0.4) is 0 Å². The van der Waals surface area contributed by atoms with Gasteiger partial charge in [0.15, 0.2) is 0 Å². The maximum absolute atomic E-state index is 12.3. The smallest absolute Gasteiger partial charge is 0.253 e. The molecule has 0 unspecified atom stereocenters. The van der Waals surface area contributed by atoms with Crippen molar-refractivity contribution in [3.63, 3.8) is 0 Å². The number of carbonyl (C=O) groups excluding carboxylic acids is 2. The van der Waals surface area contributed by atoms with Gasteiger partial charge in [0.1, 0.15) is 0 Å². The SMILES string of the molecule is O=C(NC1CCN(C(=O)CC2CCCC2)CC1)c1cccnc1. The molecule has 0 radical (unpaired) electrons. The molecular formula is C18H25N3O2. The van der Waals surface area contributed by atoms with Gasteiger partial charge in [-0.15, -0.1) is 0 Å². The summed E-state index contributed by atoms with van der Waals surface area (Å²) in [7, 11) is 0. The Kier molecular flexibility index (Phi) is 5.26. The number of rotatable bonds is 4. The molecule has 2 fully saturated rings. The Morgan fingerprint density at radius 3 is 2.57 bits per heavy atom. The largest absolute Gasteiger partial charge is 0.349 e. The second-order valence-electron chi connectivity index (χ2n) is 6.72. The van der Waals surface area contributed by atoms with E-state index in [1.807, 2.05) is 4.90 Å². The Hall–Kier alpha value is -1.91. The second-order valence-corrected chi connectivity index (χ2v) is 6.72. The van der Waals surface area contributed by atoms with Crippen molar-refractivity contribution < 1.29 is 9.59 Å². The highest BCUT2D eigenvalue weighted by molar-refractivity contribution is 5.94. The van der Waals surface area contributed by atoms with Crippen LogP contribution >= 0.6 is 0 Å². The summed E-state index contributed by atoms with van der Waals surface area (Å²) in [6.45, 7) is 1.51. The molecule has 2 aliphatic rings. The molecule has 124 valence electrons. The summed E-state index contributed by atoms with van der Waals surface area (Å²) in [5, 5.41) is 3.05. The van der Waals surface area contributed by atoms with Crippen LogP contribution in [0.1, 0.15) is 55.3 Å². The van der Waals surface area contributed by atoms with Crippen molar-refractivity contribution in [1.82, 2.24) is 15.2 Å². The van der Waals surface area contributed by atoms with E-state index in [4.69, 9.17) is 0 Å². The molecule has 1 aliphatic heterocycles. The number of likely N-dealkylation sites (tertiary alicyclic amines) is 1. The lowest BCUT2D eigenvalue weighted by Crippen LogP contribution is -2.46. The Morgan fingerprint density at radius 1 is 1.17 bits per heavy atom. The van der Waals surface area contributed by atoms with Gasteiger partial charge < -0.3 is 10.2 Å². The molecule has 0 spiro atoms. The van der Waals surface area contributed by atoms with Crippen LogP contribution in [0, 0.1) is 5.92 Å². The molecule has 23 heavy (non-hydrogen) atoms. The van der Waals surface area contributed by atoms with Crippen LogP contribution in [0.2, 0.25) is 0 Å². The Balaban J connectivity index is 1.43. The highest BCUT2D eigenvalue weighted by Gasteiger charge is 2.26. The number of hydrogen-bond acceptors (Lipinski definition) is 3. The lowest BCUT2D eigenvalue weighted by Gasteiger charge is -2.33. The maximum atomic E-state index is 12.3. The molecule has 0 bridgehead atoms. The number of pyridine rings is 1. The fourth-order valence-corrected chi connectivity index (χ4v) is 3.63. The van der Waals surface area contributed by atoms with Gasteiger partial charge in [-0.05, 0) is 43.7 Å². The Bertz CT molecular complexity index is 532. The van der Waals surface area contributed by atoms with Crippen molar-refractivity contribution >= 4 is 11.8 Å². The molecule has 1 N–H and O–H groups in total. The van der Waals surface area contributed by atoms with Crippen LogP contribution in [0.25, 0.3) is 0 Å². The monoisotopic (exact) mass is 315 g/mol. The summed E-state index contributed by atoms with van der Waals surface area (Å²) >= 11 is 0. The molecule has 3 rings (SSSR count). The minimum Gasteiger partial charge on any atom is -0.349 e. The standard InChI is InChI=1S/C18H25N3O2/c22-17(12-14-4-1-2-5-14)21-10-7-16(8-11-21)20-18(23)15-6-3-9-19-13-15/h3,6,9,13-14,16H,1-2,4-5,7-8,10-12H2,(H,20,23). The number of amides is 2. The minimum absolute atomic E-state index is 0.0752. The first-order valence-corrected chi connectivity index (χ1v) is 8.71. The van der Waals surface area contributed by atoms with E-state index in [1.165, 1.54) is 25.7 Å². The summed E-state index contributed by atoms with van der Waals surface area (Å²) in [5.41, 5.74) is 0.590. The van der Waals surface area contributed by atoms with Crippen molar-refractivity contribution in [2.24, 2.45) is 5.92 Å². The normalized spacial score (nSPS) is 19.7. The van der Waals surface area contributed by atoms with E-state index in [0.29, 0.717) is 23.8 Å². The predicted octanol–water partition coefficient (Wildman–Crippen LogP) is 2.38. The van der Waals surface area contributed by atoms with Crippen molar-refractivity contribution in [2.45, 2.75) is 51.0 Å². The third-order valence-corrected chi connectivity index (χ3v) is 5.04. The van der Waals surface area contributed by atoms with Gasteiger partial charge in [0, 0.05) is 37.9 Å². The van der Waals surface area contributed by atoms with Gasteiger partial charge in [-0.3, -0.25) is 14.6 Å². The van der Waals surface area contributed by atoms with Gasteiger partial charge in [-0.25, -0.2) is 0 Å². The number of carbonyl (C=O) groups is 2. The highest BCUT2D eigenvalue weighted by Crippen LogP contribution is 2.28. The average molecular weight is 315 g/mol. The van der Waals surface area contributed by atoms with Crippen molar-refractivity contribution in [2.75, 3.05) is 13.1 Å². The van der Waals surface area contributed by atoms with Crippen LogP contribution in [-0.2, 0) is 4.79 Å². The first kappa shape index (κ1) is 16.0. The molecule has 0 aromatic carbocycles. The molecule has 1 saturated carbocycles. The zero-order valence-electron chi connectivity index (χ0n) is 13.5. The van der Waals surface area contributed by atoms with E-state index >= 15 is 0 Å². The number of hydrogen-bond donors (Lipinski definition) is 1. The summed E-state index contributed by atoms with van der Waals surface area (Å²) < 4.78 is 0. The fourth-order valence-electron chi connectivity index (χ4n) is 3.63. The third kappa shape index (κ3) is 4.30. The van der Waals surface area contributed by atoms with Crippen LogP contribution in [-0.4, -0.2) is 40.8 Å². The summed E-state index contributed by atoms with van der Waals surface area (Å²) in [5.74, 6) is 0.827. The zero-order valence-corrected chi connectivity index (χ0v) is 13.5. The third-order valence-electron chi connectivity index (χ3n) is 5.04. The fraction of sp³-hybridized carbons (Fsp3) is 0.611. The lowest BCUT2D eigenvalue weighted by atomic mass is 10.0. The van der Waals surface area contributed by atoms with Crippen LogP contribution < -0.4 is 5.32 Å². The molecule has 5 heteroatoms. The number of aromatic nitrogens is 1. The Morgan fingerprint density at radius 2 is 1.91 bits per heavy atom. The molecule has 1 aromatic rings. The summed E-state index contributed by atoms with van der Waals surface area (Å²) in [4.78, 5) is 30.4. The Labute approximate surface area is 137 Å². The molecule has 0 atom stereocenters. The van der Waals surface area contributed by atoms with Crippen LogP contribution in [0.4, 0.5) is 0 Å². The van der Waals surface area contributed by atoms with Gasteiger partial charge in [-0.2, -0.15) is 0 Å². The van der Waals surface area contributed by atoms with E-state index in [1.54, 1.807) is 24.5 Å². The first-order chi connectivity index (χ1) is 11.2. The predicted molar refractivity (Wildman–Crippen MR) is 87.9 cm³/mol.